The van der Waals surface area contributed by atoms with E-state index < -0.39 is 0 Å². The molecule has 2 rings (SSSR count). The summed E-state index contributed by atoms with van der Waals surface area (Å²) in [7, 11) is 0. The van der Waals surface area contributed by atoms with Crippen LogP contribution in [0.5, 0.6) is 5.75 Å². The number of anilines is 2. The zero-order valence-electron chi connectivity index (χ0n) is 15.2. The summed E-state index contributed by atoms with van der Waals surface area (Å²) >= 11 is 5.98. The Hall–Kier alpha value is -2.53. The average molecular weight is 375 g/mol. The van der Waals surface area contributed by atoms with E-state index in [-0.39, 0.29) is 30.9 Å². The molecule has 0 aliphatic carbocycles. The van der Waals surface area contributed by atoms with Gasteiger partial charge in [0.15, 0.2) is 0 Å². The van der Waals surface area contributed by atoms with Crippen molar-refractivity contribution in [1.82, 2.24) is 0 Å². The van der Waals surface area contributed by atoms with Crippen molar-refractivity contribution in [2.24, 2.45) is 0 Å². The maximum atomic E-state index is 12.2. The van der Waals surface area contributed by atoms with Crippen LogP contribution in [0.1, 0.15) is 27.2 Å². The third kappa shape index (κ3) is 6.08. The number of halogens is 1. The van der Waals surface area contributed by atoms with Gasteiger partial charge in [-0.05, 0) is 56.3 Å². The fourth-order valence-corrected chi connectivity index (χ4v) is 2.62. The largest absolute Gasteiger partial charge is 0.491 e. The first-order valence-corrected chi connectivity index (χ1v) is 8.83. The van der Waals surface area contributed by atoms with Crippen LogP contribution in [0.4, 0.5) is 11.4 Å². The van der Waals surface area contributed by atoms with Gasteiger partial charge in [-0.2, -0.15) is 0 Å². The number of nitrogens with zero attached hydrogens (tertiary/aromatic N) is 1. The van der Waals surface area contributed by atoms with Gasteiger partial charge < -0.3 is 15.0 Å². The van der Waals surface area contributed by atoms with Gasteiger partial charge in [0, 0.05) is 36.3 Å². The van der Waals surface area contributed by atoms with Crippen LogP contribution in [0, 0.1) is 0 Å². The monoisotopic (exact) mass is 374 g/mol. The molecule has 0 fully saturated rings. The van der Waals surface area contributed by atoms with Crippen LogP contribution in [0.3, 0.4) is 0 Å². The summed E-state index contributed by atoms with van der Waals surface area (Å²) in [6.07, 6.45) is 0.274. The van der Waals surface area contributed by atoms with Gasteiger partial charge in [-0.25, -0.2) is 0 Å². The Labute approximate surface area is 158 Å². The van der Waals surface area contributed by atoms with E-state index in [0.717, 1.165) is 5.75 Å². The first-order valence-electron chi connectivity index (χ1n) is 8.45. The number of benzene rings is 2. The molecular weight excluding hydrogens is 352 g/mol. The second-order valence-electron chi connectivity index (χ2n) is 6.14. The highest BCUT2D eigenvalue weighted by molar-refractivity contribution is 6.30. The molecule has 138 valence electrons. The molecule has 6 heteroatoms. The lowest BCUT2D eigenvalue weighted by molar-refractivity contribution is -0.117. The number of carbonyl (C=O) groups is 2. The highest BCUT2D eigenvalue weighted by Gasteiger charge is 2.14. The molecule has 2 aromatic carbocycles. The maximum Gasteiger partial charge on any atom is 0.226 e. The lowest BCUT2D eigenvalue weighted by atomic mass is 10.2. The van der Waals surface area contributed by atoms with E-state index in [1.54, 1.807) is 36.4 Å². The van der Waals surface area contributed by atoms with E-state index in [1.807, 2.05) is 26.0 Å². The topological polar surface area (TPSA) is 58.6 Å². The molecule has 26 heavy (non-hydrogen) atoms. The standard InChI is InChI=1S/C20H23ClN2O3/c1-14(2)26-19-9-7-17(8-10-19)22-20(25)11-12-23(15(3)24)18-6-4-5-16(21)13-18/h4-10,13-14H,11-12H2,1-3H3,(H,22,25). The predicted molar refractivity (Wildman–Crippen MR) is 105 cm³/mol. The minimum absolute atomic E-state index is 0.0968. The van der Waals surface area contributed by atoms with Gasteiger partial charge >= 0.3 is 0 Å². The SMILES string of the molecule is CC(=O)N(CCC(=O)Nc1ccc(OC(C)C)cc1)c1cccc(Cl)c1. The summed E-state index contributed by atoms with van der Waals surface area (Å²) in [5.41, 5.74) is 1.36. The Morgan fingerprint density at radius 2 is 1.85 bits per heavy atom. The molecular formula is C20H23ClN2O3. The molecule has 0 bridgehead atoms. The molecule has 0 heterocycles. The Kier molecular flexibility index (Phi) is 7.04. The van der Waals surface area contributed by atoms with Crippen LogP contribution in [0.25, 0.3) is 0 Å². The number of rotatable bonds is 7. The predicted octanol–water partition coefficient (Wildman–Crippen LogP) is 4.51. The summed E-state index contributed by atoms with van der Waals surface area (Å²) in [5, 5.41) is 3.36. The van der Waals surface area contributed by atoms with Crippen LogP contribution in [-0.2, 0) is 9.59 Å². The van der Waals surface area contributed by atoms with Gasteiger partial charge in [-0.3, -0.25) is 9.59 Å². The van der Waals surface area contributed by atoms with Gasteiger partial charge in [0.2, 0.25) is 11.8 Å². The van der Waals surface area contributed by atoms with Gasteiger partial charge in [0.25, 0.3) is 0 Å². The van der Waals surface area contributed by atoms with Crippen LogP contribution in [0.15, 0.2) is 48.5 Å². The summed E-state index contributed by atoms with van der Waals surface area (Å²) in [6.45, 7) is 5.65. The fraction of sp³-hybridized carbons (Fsp3) is 0.300. The lowest BCUT2D eigenvalue weighted by Crippen LogP contribution is -2.31. The molecule has 2 amide bonds. The van der Waals surface area contributed by atoms with Crippen molar-refractivity contribution < 1.29 is 14.3 Å². The minimum atomic E-state index is -0.171. The number of amides is 2. The first kappa shape index (κ1) is 19.8. The van der Waals surface area contributed by atoms with Gasteiger partial charge in [-0.1, -0.05) is 17.7 Å². The molecule has 0 aliphatic heterocycles. The number of ether oxygens (including phenoxy) is 1. The van der Waals surface area contributed by atoms with Crippen molar-refractivity contribution in [3.8, 4) is 5.75 Å². The second kappa shape index (κ2) is 9.25. The summed E-state index contributed by atoms with van der Waals surface area (Å²) in [4.78, 5) is 25.6. The molecule has 0 saturated carbocycles. The van der Waals surface area contributed by atoms with Gasteiger partial charge in [-0.15, -0.1) is 0 Å². The summed E-state index contributed by atoms with van der Waals surface area (Å²) in [6, 6.07) is 14.2. The molecule has 0 aliphatic rings. The number of carbonyl (C=O) groups excluding carboxylic acids is 2. The quantitative estimate of drug-likeness (QED) is 0.775. The molecule has 0 radical (unpaired) electrons. The van der Waals surface area contributed by atoms with Crippen molar-refractivity contribution in [3.05, 3.63) is 53.6 Å². The van der Waals surface area contributed by atoms with Crippen molar-refractivity contribution >= 4 is 34.8 Å². The third-order valence-electron chi connectivity index (χ3n) is 3.57. The molecule has 2 aromatic rings. The average Bonchev–Trinajstić information content (AvgIpc) is 2.56. The fourth-order valence-electron chi connectivity index (χ4n) is 2.44. The van der Waals surface area contributed by atoms with E-state index in [2.05, 4.69) is 5.32 Å². The van der Waals surface area contributed by atoms with Crippen molar-refractivity contribution in [2.45, 2.75) is 33.3 Å². The zero-order chi connectivity index (χ0) is 19.1. The number of nitrogens with one attached hydrogen (secondary N) is 1. The van der Waals surface area contributed by atoms with E-state index in [1.165, 1.54) is 11.8 Å². The van der Waals surface area contributed by atoms with E-state index in [0.29, 0.717) is 16.4 Å². The highest BCUT2D eigenvalue weighted by atomic mass is 35.5. The number of hydrogen-bond acceptors (Lipinski definition) is 3. The molecule has 0 spiro atoms. The van der Waals surface area contributed by atoms with Gasteiger partial charge in [0.05, 0.1) is 6.10 Å². The zero-order valence-corrected chi connectivity index (χ0v) is 15.9. The van der Waals surface area contributed by atoms with E-state index >= 15 is 0 Å². The van der Waals surface area contributed by atoms with E-state index in [9.17, 15) is 9.59 Å². The Balaban J connectivity index is 1.93. The molecule has 5 nitrogen and oxygen atoms in total. The Morgan fingerprint density at radius 1 is 1.15 bits per heavy atom. The van der Waals surface area contributed by atoms with Crippen molar-refractivity contribution in [2.75, 3.05) is 16.8 Å². The minimum Gasteiger partial charge on any atom is -0.491 e. The molecule has 0 aromatic heterocycles. The van der Waals surface area contributed by atoms with Crippen LogP contribution < -0.4 is 15.0 Å². The summed E-state index contributed by atoms with van der Waals surface area (Å²) in [5.74, 6) is 0.438. The molecule has 1 N–H and O–H groups in total. The summed E-state index contributed by atoms with van der Waals surface area (Å²) < 4.78 is 5.57. The van der Waals surface area contributed by atoms with Crippen molar-refractivity contribution in [3.63, 3.8) is 0 Å². The van der Waals surface area contributed by atoms with E-state index in [4.69, 9.17) is 16.3 Å². The van der Waals surface area contributed by atoms with Crippen LogP contribution in [0.2, 0.25) is 5.02 Å². The van der Waals surface area contributed by atoms with Crippen LogP contribution >= 0.6 is 11.6 Å². The second-order valence-corrected chi connectivity index (χ2v) is 6.58. The number of hydrogen-bond donors (Lipinski definition) is 1. The third-order valence-corrected chi connectivity index (χ3v) is 3.81. The lowest BCUT2D eigenvalue weighted by Gasteiger charge is -2.21. The molecule has 0 atom stereocenters. The first-order chi connectivity index (χ1) is 12.3. The molecule has 0 saturated heterocycles. The van der Waals surface area contributed by atoms with Crippen LogP contribution in [-0.4, -0.2) is 24.5 Å². The normalized spacial score (nSPS) is 10.5. The maximum absolute atomic E-state index is 12.2. The van der Waals surface area contributed by atoms with Gasteiger partial charge in [0.1, 0.15) is 5.75 Å². The Morgan fingerprint density at radius 3 is 2.42 bits per heavy atom. The molecule has 0 unspecified atom stereocenters. The highest BCUT2D eigenvalue weighted by Crippen LogP contribution is 2.20. The smallest absolute Gasteiger partial charge is 0.226 e. The van der Waals surface area contributed by atoms with Crippen molar-refractivity contribution in [1.29, 1.82) is 0 Å². The Bertz CT molecular complexity index is 760.